The lowest BCUT2D eigenvalue weighted by Crippen LogP contribution is -2.32. The van der Waals surface area contributed by atoms with E-state index in [9.17, 15) is 4.79 Å². The van der Waals surface area contributed by atoms with Crippen LogP contribution in [0.15, 0.2) is 66.7 Å². The molecule has 1 atom stereocenters. The number of carbonyl (C=O) groups excluding carboxylic acids is 1. The fourth-order valence-corrected chi connectivity index (χ4v) is 2.65. The first kappa shape index (κ1) is 16.8. The summed E-state index contributed by atoms with van der Waals surface area (Å²) in [5.41, 5.74) is 0.761. The zero-order valence-electron chi connectivity index (χ0n) is 14.4. The summed E-state index contributed by atoms with van der Waals surface area (Å²) in [6.45, 7) is 1.92. The lowest BCUT2D eigenvalue weighted by Gasteiger charge is -2.18. The molecule has 4 nitrogen and oxygen atoms in total. The van der Waals surface area contributed by atoms with E-state index >= 15 is 0 Å². The average Bonchev–Trinajstić information content (AvgIpc) is 2.66. The normalized spacial score (nSPS) is 11.8. The summed E-state index contributed by atoms with van der Waals surface area (Å²) in [6, 6.07) is 21.2. The molecule has 3 aromatic carbocycles. The van der Waals surface area contributed by atoms with Crippen LogP contribution in [0.3, 0.4) is 0 Å². The molecule has 0 heterocycles. The van der Waals surface area contributed by atoms with Gasteiger partial charge in [-0.3, -0.25) is 4.79 Å². The van der Waals surface area contributed by atoms with Crippen molar-refractivity contribution in [3.63, 3.8) is 0 Å². The van der Waals surface area contributed by atoms with Crippen LogP contribution in [0.2, 0.25) is 0 Å². The second-order valence-corrected chi connectivity index (χ2v) is 5.74. The van der Waals surface area contributed by atoms with Gasteiger partial charge in [-0.1, -0.05) is 43.3 Å². The van der Waals surface area contributed by atoms with Crippen molar-refractivity contribution >= 4 is 22.4 Å². The van der Waals surface area contributed by atoms with Crippen molar-refractivity contribution in [1.29, 1.82) is 0 Å². The van der Waals surface area contributed by atoms with Crippen LogP contribution in [0, 0.1) is 0 Å². The number of fused-ring (bicyclic) bond motifs is 1. The molecule has 0 fully saturated rings. The van der Waals surface area contributed by atoms with Gasteiger partial charge >= 0.3 is 0 Å². The second kappa shape index (κ2) is 7.71. The monoisotopic (exact) mass is 335 g/mol. The predicted molar refractivity (Wildman–Crippen MR) is 100 cm³/mol. The summed E-state index contributed by atoms with van der Waals surface area (Å²) in [4.78, 5) is 12.6. The van der Waals surface area contributed by atoms with Crippen molar-refractivity contribution in [2.24, 2.45) is 0 Å². The number of ether oxygens (including phenoxy) is 2. The molecule has 128 valence electrons. The van der Waals surface area contributed by atoms with E-state index in [1.165, 1.54) is 0 Å². The van der Waals surface area contributed by atoms with E-state index in [0.29, 0.717) is 17.9 Å². The maximum absolute atomic E-state index is 12.6. The van der Waals surface area contributed by atoms with Crippen LogP contribution < -0.4 is 14.8 Å². The van der Waals surface area contributed by atoms with E-state index < -0.39 is 6.10 Å². The molecule has 0 aromatic heterocycles. The topological polar surface area (TPSA) is 47.6 Å². The molecule has 0 spiro atoms. The van der Waals surface area contributed by atoms with Crippen LogP contribution >= 0.6 is 0 Å². The lowest BCUT2D eigenvalue weighted by molar-refractivity contribution is -0.122. The summed E-state index contributed by atoms with van der Waals surface area (Å²) in [5.74, 6) is 1.14. The minimum Gasteiger partial charge on any atom is -0.497 e. The third-order valence-corrected chi connectivity index (χ3v) is 4.00. The number of anilines is 1. The highest BCUT2D eigenvalue weighted by molar-refractivity contribution is 5.96. The van der Waals surface area contributed by atoms with Crippen LogP contribution in [-0.2, 0) is 4.79 Å². The van der Waals surface area contributed by atoms with Gasteiger partial charge in [-0.25, -0.2) is 0 Å². The molecule has 0 saturated carbocycles. The van der Waals surface area contributed by atoms with Crippen LogP contribution in [0.1, 0.15) is 13.3 Å². The molecule has 1 amide bonds. The maximum atomic E-state index is 12.6. The molecule has 3 aromatic rings. The number of carbonyl (C=O) groups is 1. The Morgan fingerprint density at radius 3 is 2.48 bits per heavy atom. The van der Waals surface area contributed by atoms with Gasteiger partial charge in [0.05, 0.1) is 7.11 Å². The van der Waals surface area contributed by atoms with Crippen LogP contribution in [0.4, 0.5) is 5.69 Å². The van der Waals surface area contributed by atoms with E-state index in [2.05, 4.69) is 5.32 Å². The van der Waals surface area contributed by atoms with Crippen LogP contribution in [-0.4, -0.2) is 19.1 Å². The number of hydrogen-bond donors (Lipinski definition) is 1. The molecule has 0 unspecified atom stereocenters. The SMILES string of the molecule is CC[C@H](Oc1cccc(OC)c1)C(=O)Nc1ccc2ccccc2c1. The number of nitrogens with one attached hydrogen (secondary N) is 1. The Bertz CT molecular complexity index is 876. The van der Waals surface area contributed by atoms with Gasteiger partial charge in [0.15, 0.2) is 6.10 Å². The second-order valence-electron chi connectivity index (χ2n) is 5.74. The first-order chi connectivity index (χ1) is 12.2. The van der Waals surface area contributed by atoms with Crippen LogP contribution in [0.25, 0.3) is 10.8 Å². The van der Waals surface area contributed by atoms with Crippen molar-refractivity contribution < 1.29 is 14.3 Å². The number of rotatable bonds is 6. The standard InChI is InChI=1S/C21H21NO3/c1-3-20(25-19-10-6-9-18(14-19)24-2)21(23)22-17-12-11-15-7-4-5-8-16(15)13-17/h4-14,20H,3H2,1-2H3,(H,22,23)/t20-/m0/s1. The molecule has 3 rings (SSSR count). The predicted octanol–water partition coefficient (Wildman–Crippen LogP) is 4.64. The van der Waals surface area contributed by atoms with Gasteiger partial charge in [-0.15, -0.1) is 0 Å². The highest BCUT2D eigenvalue weighted by Crippen LogP contribution is 2.22. The molecule has 1 N–H and O–H groups in total. The third kappa shape index (κ3) is 4.10. The van der Waals surface area contributed by atoms with Crippen molar-refractivity contribution in [2.75, 3.05) is 12.4 Å². The van der Waals surface area contributed by atoms with Gasteiger partial charge < -0.3 is 14.8 Å². The quantitative estimate of drug-likeness (QED) is 0.713. The van der Waals surface area contributed by atoms with E-state index in [0.717, 1.165) is 16.5 Å². The Hall–Kier alpha value is -3.01. The van der Waals surface area contributed by atoms with Gasteiger partial charge in [-0.2, -0.15) is 0 Å². The summed E-state index contributed by atoms with van der Waals surface area (Å²) in [5, 5.41) is 5.16. The van der Waals surface area contributed by atoms with Crippen molar-refractivity contribution in [2.45, 2.75) is 19.4 Å². The van der Waals surface area contributed by atoms with Gasteiger partial charge in [0, 0.05) is 11.8 Å². The van der Waals surface area contributed by atoms with Gasteiger partial charge in [-0.05, 0) is 41.5 Å². The number of amides is 1. The average molecular weight is 335 g/mol. The molecule has 0 bridgehead atoms. The number of hydrogen-bond acceptors (Lipinski definition) is 3. The molecule has 4 heteroatoms. The first-order valence-electron chi connectivity index (χ1n) is 8.30. The molecular formula is C21H21NO3. The number of benzene rings is 3. The molecular weight excluding hydrogens is 314 g/mol. The van der Waals surface area contributed by atoms with E-state index in [1.54, 1.807) is 13.2 Å². The minimum absolute atomic E-state index is 0.166. The van der Waals surface area contributed by atoms with Crippen LogP contribution in [0.5, 0.6) is 11.5 Å². The fourth-order valence-electron chi connectivity index (χ4n) is 2.65. The highest BCUT2D eigenvalue weighted by atomic mass is 16.5. The largest absolute Gasteiger partial charge is 0.497 e. The van der Waals surface area contributed by atoms with Crippen molar-refractivity contribution in [1.82, 2.24) is 0 Å². The van der Waals surface area contributed by atoms with E-state index in [-0.39, 0.29) is 5.91 Å². The zero-order chi connectivity index (χ0) is 17.6. The van der Waals surface area contributed by atoms with Gasteiger partial charge in [0.2, 0.25) is 0 Å². The highest BCUT2D eigenvalue weighted by Gasteiger charge is 2.19. The maximum Gasteiger partial charge on any atom is 0.265 e. The summed E-state index contributed by atoms with van der Waals surface area (Å²) in [7, 11) is 1.60. The Balaban J connectivity index is 1.72. The molecule has 0 saturated heterocycles. The Morgan fingerprint density at radius 1 is 0.960 bits per heavy atom. The lowest BCUT2D eigenvalue weighted by atomic mass is 10.1. The minimum atomic E-state index is -0.571. The van der Waals surface area contributed by atoms with E-state index in [1.807, 2.05) is 67.6 Å². The Kier molecular flexibility index (Phi) is 5.19. The molecule has 0 aliphatic rings. The number of methoxy groups -OCH3 is 1. The van der Waals surface area contributed by atoms with Crippen molar-refractivity contribution in [3.05, 3.63) is 66.7 Å². The summed E-state index contributed by atoms with van der Waals surface area (Å²) >= 11 is 0. The van der Waals surface area contributed by atoms with Gasteiger partial charge in [0.1, 0.15) is 11.5 Å². The van der Waals surface area contributed by atoms with Gasteiger partial charge in [0.25, 0.3) is 5.91 Å². The van der Waals surface area contributed by atoms with E-state index in [4.69, 9.17) is 9.47 Å². The third-order valence-electron chi connectivity index (χ3n) is 4.00. The zero-order valence-corrected chi connectivity index (χ0v) is 14.4. The smallest absolute Gasteiger partial charge is 0.265 e. The molecule has 0 aliphatic carbocycles. The fraction of sp³-hybridized carbons (Fsp3) is 0.190. The Morgan fingerprint density at radius 2 is 1.72 bits per heavy atom. The van der Waals surface area contributed by atoms with Crippen molar-refractivity contribution in [3.8, 4) is 11.5 Å². The summed E-state index contributed by atoms with van der Waals surface area (Å²) in [6.07, 6.45) is -0.00467. The molecule has 0 aliphatic heterocycles. The summed E-state index contributed by atoms with van der Waals surface area (Å²) < 4.78 is 11.0. The molecule has 0 radical (unpaired) electrons. The molecule has 25 heavy (non-hydrogen) atoms. The Labute approximate surface area is 147 Å². The first-order valence-corrected chi connectivity index (χ1v) is 8.30.